The van der Waals surface area contributed by atoms with Gasteiger partial charge >= 0.3 is 0 Å². The Balaban J connectivity index is 2.42. The first-order valence-electron chi connectivity index (χ1n) is 5.46. The van der Waals surface area contributed by atoms with Crippen molar-refractivity contribution in [3.05, 3.63) is 0 Å². The van der Waals surface area contributed by atoms with Gasteiger partial charge in [0.15, 0.2) is 0 Å². The summed E-state index contributed by atoms with van der Waals surface area (Å²) in [5, 5.41) is 12.9. The normalized spacial score (nSPS) is 39.0. The monoisotopic (exact) mass is 185 g/mol. The Morgan fingerprint density at radius 2 is 1.62 bits per heavy atom. The van der Waals surface area contributed by atoms with Crippen LogP contribution in [-0.2, 0) is 0 Å². The lowest BCUT2D eigenvalue weighted by atomic mass is 9.99. The van der Waals surface area contributed by atoms with E-state index in [9.17, 15) is 5.11 Å². The van der Waals surface area contributed by atoms with Crippen molar-refractivity contribution < 1.29 is 5.11 Å². The van der Waals surface area contributed by atoms with Gasteiger partial charge < -0.3 is 10.4 Å². The lowest BCUT2D eigenvalue weighted by Crippen LogP contribution is -2.45. The van der Waals surface area contributed by atoms with Gasteiger partial charge in [-0.15, -0.1) is 0 Å². The van der Waals surface area contributed by atoms with Crippen molar-refractivity contribution in [2.24, 2.45) is 11.8 Å². The molecule has 1 rings (SSSR count). The fourth-order valence-corrected chi connectivity index (χ4v) is 2.22. The minimum absolute atomic E-state index is 0.216. The van der Waals surface area contributed by atoms with Crippen molar-refractivity contribution in [3.8, 4) is 0 Å². The molecular formula is C11H23NO. The van der Waals surface area contributed by atoms with Crippen molar-refractivity contribution >= 4 is 0 Å². The Hall–Kier alpha value is -0.0800. The van der Waals surface area contributed by atoms with E-state index in [1.54, 1.807) is 0 Å². The largest absolute Gasteiger partial charge is 0.392 e. The number of hydrogen-bond acceptors (Lipinski definition) is 2. The third kappa shape index (κ3) is 2.68. The van der Waals surface area contributed by atoms with Crippen LogP contribution in [0.3, 0.4) is 0 Å². The maximum Gasteiger partial charge on any atom is 0.0662 e. The van der Waals surface area contributed by atoms with E-state index in [0.29, 0.717) is 6.04 Å². The van der Waals surface area contributed by atoms with Gasteiger partial charge in [-0.1, -0.05) is 13.8 Å². The summed E-state index contributed by atoms with van der Waals surface area (Å²) in [7, 11) is 0. The number of nitrogens with one attached hydrogen (secondary N) is 1. The van der Waals surface area contributed by atoms with Crippen molar-refractivity contribution in [2.75, 3.05) is 0 Å². The van der Waals surface area contributed by atoms with E-state index in [4.69, 9.17) is 0 Å². The van der Waals surface area contributed by atoms with Crippen molar-refractivity contribution in [2.45, 2.75) is 58.7 Å². The predicted octanol–water partition coefficient (Wildman–Crippen LogP) is 1.78. The van der Waals surface area contributed by atoms with Gasteiger partial charge in [0, 0.05) is 12.1 Å². The molecule has 0 bridgehead atoms. The fraction of sp³-hybridized carbons (Fsp3) is 1.00. The van der Waals surface area contributed by atoms with E-state index in [0.717, 1.165) is 11.8 Å². The van der Waals surface area contributed by atoms with Gasteiger partial charge in [0.25, 0.3) is 0 Å². The minimum Gasteiger partial charge on any atom is -0.392 e. The van der Waals surface area contributed by atoms with Crippen molar-refractivity contribution in [3.63, 3.8) is 0 Å². The minimum atomic E-state index is -0.250. The second kappa shape index (κ2) is 4.43. The second-order valence-electron chi connectivity index (χ2n) is 4.75. The third-order valence-corrected chi connectivity index (χ3v) is 3.48. The Bertz CT molecular complexity index is 148. The first-order valence-corrected chi connectivity index (χ1v) is 5.46. The van der Waals surface area contributed by atoms with Gasteiger partial charge in [-0.2, -0.15) is 0 Å². The molecular weight excluding hydrogens is 162 g/mol. The van der Waals surface area contributed by atoms with Crippen LogP contribution < -0.4 is 5.32 Å². The van der Waals surface area contributed by atoms with Crippen LogP contribution in [0.4, 0.5) is 0 Å². The Kier molecular flexibility index (Phi) is 3.74. The molecule has 0 aliphatic heterocycles. The van der Waals surface area contributed by atoms with Crippen LogP contribution >= 0.6 is 0 Å². The Morgan fingerprint density at radius 3 is 2.00 bits per heavy atom. The average Bonchev–Trinajstić information content (AvgIpc) is 2.35. The van der Waals surface area contributed by atoms with Gasteiger partial charge in [0.1, 0.15) is 0 Å². The van der Waals surface area contributed by atoms with E-state index >= 15 is 0 Å². The van der Waals surface area contributed by atoms with Crippen LogP contribution in [0.25, 0.3) is 0 Å². The molecule has 1 saturated carbocycles. The quantitative estimate of drug-likeness (QED) is 0.702. The van der Waals surface area contributed by atoms with Crippen LogP contribution in [0.1, 0.15) is 40.5 Å². The summed E-state index contributed by atoms with van der Waals surface area (Å²) in [4.78, 5) is 0. The molecule has 2 heteroatoms. The van der Waals surface area contributed by atoms with Crippen LogP contribution in [-0.4, -0.2) is 23.3 Å². The van der Waals surface area contributed by atoms with Crippen molar-refractivity contribution in [1.82, 2.24) is 5.32 Å². The zero-order valence-corrected chi connectivity index (χ0v) is 9.25. The van der Waals surface area contributed by atoms with E-state index < -0.39 is 0 Å². The van der Waals surface area contributed by atoms with E-state index in [1.807, 2.05) is 6.92 Å². The van der Waals surface area contributed by atoms with Crippen LogP contribution in [0, 0.1) is 11.8 Å². The summed E-state index contributed by atoms with van der Waals surface area (Å²) in [6, 6.07) is 0.817. The topological polar surface area (TPSA) is 32.3 Å². The Morgan fingerprint density at radius 1 is 1.15 bits per heavy atom. The molecule has 4 atom stereocenters. The van der Waals surface area contributed by atoms with Crippen molar-refractivity contribution in [1.29, 1.82) is 0 Å². The standard InChI is InChI=1S/C11H23NO/c1-7-5-6-8(2)11(7)12-9(3)10(4)13/h7-13H,5-6H2,1-4H3. The maximum atomic E-state index is 9.39. The molecule has 0 amide bonds. The lowest BCUT2D eigenvalue weighted by molar-refractivity contribution is 0.137. The second-order valence-corrected chi connectivity index (χ2v) is 4.75. The molecule has 0 radical (unpaired) electrons. The summed E-state index contributed by atoms with van der Waals surface area (Å²) in [5.74, 6) is 1.52. The maximum absolute atomic E-state index is 9.39. The van der Waals surface area contributed by atoms with E-state index in [-0.39, 0.29) is 12.1 Å². The zero-order chi connectivity index (χ0) is 10.0. The van der Waals surface area contributed by atoms with Crippen LogP contribution in [0.15, 0.2) is 0 Å². The highest BCUT2D eigenvalue weighted by atomic mass is 16.3. The molecule has 1 aliphatic rings. The molecule has 2 N–H and O–H groups in total. The average molecular weight is 185 g/mol. The number of aliphatic hydroxyl groups excluding tert-OH is 1. The molecule has 1 aliphatic carbocycles. The summed E-state index contributed by atoms with van der Waals surface area (Å²) in [5.41, 5.74) is 0. The summed E-state index contributed by atoms with van der Waals surface area (Å²) in [6.07, 6.45) is 2.40. The molecule has 0 heterocycles. The summed E-state index contributed by atoms with van der Waals surface area (Å²) in [6.45, 7) is 8.51. The fourth-order valence-electron chi connectivity index (χ4n) is 2.22. The summed E-state index contributed by atoms with van der Waals surface area (Å²) >= 11 is 0. The molecule has 0 aromatic carbocycles. The van der Waals surface area contributed by atoms with E-state index in [1.165, 1.54) is 12.8 Å². The van der Waals surface area contributed by atoms with Gasteiger partial charge in [-0.3, -0.25) is 0 Å². The van der Waals surface area contributed by atoms with Gasteiger partial charge in [0.2, 0.25) is 0 Å². The highest BCUT2D eigenvalue weighted by Crippen LogP contribution is 2.30. The van der Waals surface area contributed by atoms with E-state index in [2.05, 4.69) is 26.1 Å². The van der Waals surface area contributed by atoms with Gasteiger partial charge in [-0.25, -0.2) is 0 Å². The first kappa shape index (κ1) is 11.0. The Labute approximate surface area is 81.7 Å². The third-order valence-electron chi connectivity index (χ3n) is 3.48. The first-order chi connectivity index (χ1) is 6.02. The molecule has 0 saturated heterocycles. The molecule has 13 heavy (non-hydrogen) atoms. The van der Waals surface area contributed by atoms with Gasteiger partial charge in [0.05, 0.1) is 6.10 Å². The molecule has 1 fully saturated rings. The number of hydrogen-bond donors (Lipinski definition) is 2. The van der Waals surface area contributed by atoms with Crippen LogP contribution in [0.5, 0.6) is 0 Å². The van der Waals surface area contributed by atoms with Crippen LogP contribution in [0.2, 0.25) is 0 Å². The smallest absolute Gasteiger partial charge is 0.0662 e. The highest BCUT2D eigenvalue weighted by molar-refractivity contribution is 4.88. The zero-order valence-electron chi connectivity index (χ0n) is 9.25. The predicted molar refractivity (Wildman–Crippen MR) is 55.6 cm³/mol. The molecule has 0 aromatic rings. The molecule has 78 valence electrons. The molecule has 0 aromatic heterocycles. The molecule has 0 spiro atoms. The molecule has 4 unspecified atom stereocenters. The van der Waals surface area contributed by atoms with Gasteiger partial charge in [-0.05, 0) is 38.5 Å². The SMILES string of the molecule is CC(O)C(C)NC1C(C)CCC1C. The molecule has 2 nitrogen and oxygen atoms in total. The summed E-state index contributed by atoms with van der Waals surface area (Å²) < 4.78 is 0. The number of aliphatic hydroxyl groups is 1. The highest BCUT2D eigenvalue weighted by Gasteiger charge is 2.31. The lowest BCUT2D eigenvalue weighted by Gasteiger charge is -2.27. The number of rotatable bonds is 3.